The van der Waals surface area contributed by atoms with Gasteiger partial charge < -0.3 is 11.1 Å². The summed E-state index contributed by atoms with van der Waals surface area (Å²) in [4.78, 5) is 28.7. The van der Waals surface area contributed by atoms with Gasteiger partial charge in [0.05, 0.1) is 17.3 Å². The fourth-order valence-corrected chi connectivity index (χ4v) is 2.63. The molecule has 0 spiro atoms. The number of nitrogens with zero attached hydrogens (tertiary/aromatic N) is 2. The van der Waals surface area contributed by atoms with Gasteiger partial charge in [-0.15, -0.1) is 0 Å². The maximum absolute atomic E-state index is 14.6. The van der Waals surface area contributed by atoms with Crippen molar-refractivity contribution in [3.63, 3.8) is 0 Å². The number of halogens is 1. The summed E-state index contributed by atoms with van der Waals surface area (Å²) in [5, 5.41) is 13.1. The first-order chi connectivity index (χ1) is 13.3. The first-order valence-corrected chi connectivity index (χ1v) is 8.69. The summed E-state index contributed by atoms with van der Waals surface area (Å²) in [6, 6.07) is 8.33. The topological polar surface area (TPSA) is 124 Å². The Morgan fingerprint density at radius 2 is 1.96 bits per heavy atom. The van der Waals surface area contributed by atoms with Gasteiger partial charge in [0.2, 0.25) is 5.91 Å². The van der Waals surface area contributed by atoms with Crippen LogP contribution in [0.4, 0.5) is 20.7 Å². The van der Waals surface area contributed by atoms with E-state index in [1.165, 1.54) is 6.92 Å². The van der Waals surface area contributed by atoms with Crippen molar-refractivity contribution >= 4 is 29.3 Å². The lowest BCUT2D eigenvalue weighted by molar-refractivity contribution is -0.124. The number of anilines is 2. The summed E-state index contributed by atoms with van der Waals surface area (Å²) in [5.74, 6) is -1.96. The third kappa shape index (κ3) is 4.61. The molecule has 1 aromatic heterocycles. The molecule has 1 aromatic carbocycles. The zero-order valence-corrected chi connectivity index (χ0v) is 15.9. The SMILES string of the molecule is CCN(C(=N)c1cnc(NC(=O)NC(C)c2ccccc2)c(F)c1N)C(C)=O. The maximum atomic E-state index is 14.6. The van der Waals surface area contributed by atoms with Crippen LogP contribution in [0.25, 0.3) is 0 Å². The number of benzene rings is 1. The summed E-state index contributed by atoms with van der Waals surface area (Å²) >= 11 is 0. The number of amidine groups is 1. The number of carbonyl (C=O) groups excluding carboxylic acids is 2. The molecule has 0 aliphatic rings. The van der Waals surface area contributed by atoms with Crippen LogP contribution in [0.3, 0.4) is 0 Å². The van der Waals surface area contributed by atoms with E-state index in [-0.39, 0.29) is 41.4 Å². The van der Waals surface area contributed by atoms with E-state index in [1.807, 2.05) is 30.3 Å². The number of rotatable bonds is 5. The van der Waals surface area contributed by atoms with Crippen molar-refractivity contribution in [2.24, 2.45) is 0 Å². The lowest BCUT2D eigenvalue weighted by Crippen LogP contribution is -2.36. The highest BCUT2D eigenvalue weighted by molar-refractivity contribution is 6.08. The van der Waals surface area contributed by atoms with Crippen molar-refractivity contribution in [2.75, 3.05) is 17.6 Å². The Bertz CT molecular complexity index is 887. The number of urea groups is 1. The van der Waals surface area contributed by atoms with Crippen LogP contribution >= 0.6 is 0 Å². The van der Waals surface area contributed by atoms with Crippen molar-refractivity contribution < 1.29 is 14.0 Å². The quantitative estimate of drug-likeness (QED) is 0.466. The number of aromatic nitrogens is 1. The van der Waals surface area contributed by atoms with Crippen molar-refractivity contribution in [3.8, 4) is 0 Å². The number of hydrogen-bond donors (Lipinski definition) is 4. The van der Waals surface area contributed by atoms with Crippen LogP contribution in [-0.4, -0.2) is 34.2 Å². The van der Waals surface area contributed by atoms with Gasteiger partial charge in [-0.2, -0.15) is 0 Å². The number of nitrogen functional groups attached to an aromatic ring is 1. The largest absolute Gasteiger partial charge is 0.396 e. The van der Waals surface area contributed by atoms with Gasteiger partial charge in [-0.3, -0.25) is 20.4 Å². The molecule has 0 bridgehead atoms. The molecule has 0 saturated heterocycles. The van der Waals surface area contributed by atoms with E-state index in [1.54, 1.807) is 13.8 Å². The molecule has 2 aromatic rings. The molecular formula is C19H23FN6O2. The minimum absolute atomic E-state index is 0.0295. The Morgan fingerprint density at radius 3 is 2.54 bits per heavy atom. The van der Waals surface area contributed by atoms with E-state index in [0.717, 1.165) is 16.7 Å². The fraction of sp³-hybridized carbons (Fsp3) is 0.263. The van der Waals surface area contributed by atoms with Crippen LogP contribution in [0.5, 0.6) is 0 Å². The molecule has 0 saturated carbocycles. The zero-order valence-electron chi connectivity index (χ0n) is 15.9. The van der Waals surface area contributed by atoms with Gasteiger partial charge in [-0.05, 0) is 19.4 Å². The van der Waals surface area contributed by atoms with E-state index in [9.17, 15) is 14.0 Å². The molecule has 148 valence electrons. The monoisotopic (exact) mass is 386 g/mol. The number of pyridine rings is 1. The molecule has 0 fully saturated rings. The van der Waals surface area contributed by atoms with Gasteiger partial charge >= 0.3 is 6.03 Å². The first-order valence-electron chi connectivity index (χ1n) is 8.69. The molecule has 0 aliphatic carbocycles. The lowest BCUT2D eigenvalue weighted by atomic mass is 10.1. The summed E-state index contributed by atoms with van der Waals surface area (Å²) in [6.45, 7) is 5.00. The van der Waals surface area contributed by atoms with E-state index < -0.39 is 11.8 Å². The summed E-state index contributed by atoms with van der Waals surface area (Å²) in [7, 11) is 0. The molecule has 0 radical (unpaired) electrons. The third-order valence-electron chi connectivity index (χ3n) is 4.16. The number of nitrogens with one attached hydrogen (secondary N) is 3. The molecule has 28 heavy (non-hydrogen) atoms. The molecule has 9 heteroatoms. The fourth-order valence-electron chi connectivity index (χ4n) is 2.63. The highest BCUT2D eigenvalue weighted by Gasteiger charge is 2.22. The average molecular weight is 386 g/mol. The highest BCUT2D eigenvalue weighted by atomic mass is 19.1. The Hall–Kier alpha value is -3.49. The van der Waals surface area contributed by atoms with Crippen LogP contribution < -0.4 is 16.4 Å². The Kier molecular flexibility index (Phi) is 6.64. The number of nitrogens with two attached hydrogens (primary N) is 1. The first kappa shape index (κ1) is 20.8. The third-order valence-corrected chi connectivity index (χ3v) is 4.16. The second kappa shape index (κ2) is 8.94. The minimum Gasteiger partial charge on any atom is -0.396 e. The van der Waals surface area contributed by atoms with Gasteiger partial charge in [-0.1, -0.05) is 30.3 Å². The minimum atomic E-state index is -0.968. The van der Waals surface area contributed by atoms with Crippen molar-refractivity contribution in [1.82, 2.24) is 15.2 Å². The van der Waals surface area contributed by atoms with E-state index in [0.29, 0.717) is 0 Å². The zero-order chi connectivity index (χ0) is 20.8. The second-order valence-electron chi connectivity index (χ2n) is 6.09. The Labute approximate surface area is 162 Å². The van der Waals surface area contributed by atoms with Crippen LogP contribution in [0.2, 0.25) is 0 Å². The molecule has 0 aliphatic heterocycles. The molecule has 1 atom stereocenters. The van der Waals surface area contributed by atoms with Gasteiger partial charge in [0, 0.05) is 19.7 Å². The molecule has 3 amide bonds. The van der Waals surface area contributed by atoms with Crippen LogP contribution in [0.1, 0.15) is 37.9 Å². The molecular weight excluding hydrogens is 363 g/mol. The smallest absolute Gasteiger partial charge is 0.320 e. The molecule has 1 heterocycles. The van der Waals surface area contributed by atoms with Gasteiger partial charge in [0.25, 0.3) is 0 Å². The van der Waals surface area contributed by atoms with Gasteiger partial charge in [0.1, 0.15) is 5.84 Å². The maximum Gasteiger partial charge on any atom is 0.320 e. The van der Waals surface area contributed by atoms with Crippen molar-refractivity contribution in [2.45, 2.75) is 26.8 Å². The average Bonchev–Trinajstić information content (AvgIpc) is 2.66. The van der Waals surface area contributed by atoms with Crippen LogP contribution in [-0.2, 0) is 4.79 Å². The molecule has 1 unspecified atom stereocenters. The van der Waals surface area contributed by atoms with E-state index in [2.05, 4.69) is 15.6 Å². The van der Waals surface area contributed by atoms with Gasteiger partial charge in [0.15, 0.2) is 11.6 Å². The Morgan fingerprint density at radius 1 is 1.32 bits per heavy atom. The standard InChI is InChI=1S/C19H23FN6O2/c1-4-26(12(3)27)17(22)14-10-23-18(15(20)16(14)21)25-19(28)24-11(2)13-8-6-5-7-9-13/h5-11,22H,4H2,1-3H3,(H4,21,23,24,25,28). The summed E-state index contributed by atoms with van der Waals surface area (Å²) < 4.78 is 14.6. The normalized spacial score (nSPS) is 11.4. The van der Waals surface area contributed by atoms with E-state index >= 15 is 0 Å². The Balaban J connectivity index is 2.15. The summed E-state index contributed by atoms with van der Waals surface area (Å²) in [5.41, 5.74) is 6.27. The number of carbonyl (C=O) groups is 2. The molecule has 8 nitrogen and oxygen atoms in total. The van der Waals surface area contributed by atoms with Crippen LogP contribution in [0.15, 0.2) is 36.5 Å². The van der Waals surface area contributed by atoms with E-state index in [4.69, 9.17) is 11.1 Å². The van der Waals surface area contributed by atoms with Crippen LogP contribution in [0, 0.1) is 11.2 Å². The van der Waals surface area contributed by atoms with Gasteiger partial charge in [-0.25, -0.2) is 14.2 Å². The number of hydrogen-bond acceptors (Lipinski definition) is 5. The lowest BCUT2D eigenvalue weighted by Gasteiger charge is -2.21. The predicted molar refractivity (Wildman–Crippen MR) is 106 cm³/mol. The highest BCUT2D eigenvalue weighted by Crippen LogP contribution is 2.23. The molecule has 2 rings (SSSR count). The van der Waals surface area contributed by atoms with Crippen molar-refractivity contribution in [1.29, 1.82) is 5.41 Å². The van der Waals surface area contributed by atoms with Crippen molar-refractivity contribution in [3.05, 3.63) is 53.5 Å². The summed E-state index contributed by atoms with van der Waals surface area (Å²) in [6.07, 6.45) is 1.16. The molecule has 5 N–H and O–H groups in total. The second-order valence-corrected chi connectivity index (χ2v) is 6.09. The number of amides is 3. The predicted octanol–water partition coefficient (Wildman–Crippen LogP) is 2.88.